The van der Waals surface area contributed by atoms with Crippen molar-refractivity contribution in [1.82, 2.24) is 4.90 Å². The Hall–Kier alpha value is -1.23. The van der Waals surface area contributed by atoms with Crippen molar-refractivity contribution in [3.05, 3.63) is 29.6 Å². The second-order valence-corrected chi connectivity index (χ2v) is 6.50. The molecule has 1 saturated heterocycles. The maximum atomic E-state index is 13.3. The number of amides is 1. The van der Waals surface area contributed by atoms with Crippen LogP contribution in [0.5, 0.6) is 5.75 Å². The number of rotatable bonds is 5. The zero-order valence-corrected chi connectivity index (χ0v) is 13.4. The van der Waals surface area contributed by atoms with Crippen molar-refractivity contribution in [2.45, 2.75) is 25.5 Å². The number of hydrogen-bond donors (Lipinski definition) is 0. The highest BCUT2D eigenvalue weighted by molar-refractivity contribution is 7.99. The van der Waals surface area contributed by atoms with Gasteiger partial charge in [-0.2, -0.15) is 0 Å². The molecule has 0 bridgehead atoms. The summed E-state index contributed by atoms with van der Waals surface area (Å²) in [5, 5.41) is 0. The Balaban J connectivity index is 1.81. The first-order valence-corrected chi connectivity index (χ1v) is 8.43. The SMILES string of the molecule is COc1ccc(F)cc1CSCC(=O)N1CCC(C)CC1. The van der Waals surface area contributed by atoms with Crippen LogP contribution in [0.2, 0.25) is 0 Å². The molecule has 1 aliphatic rings. The second kappa shape index (κ2) is 7.69. The third kappa shape index (κ3) is 4.63. The first-order chi connectivity index (χ1) is 10.1. The van der Waals surface area contributed by atoms with Crippen LogP contribution in [0, 0.1) is 11.7 Å². The number of hydrogen-bond acceptors (Lipinski definition) is 3. The molecule has 2 rings (SSSR count). The standard InChI is InChI=1S/C16H22FNO2S/c1-12-5-7-18(8-6-12)16(19)11-21-10-13-9-14(17)3-4-15(13)20-2/h3-4,9,12H,5-8,10-11H2,1-2H3. The molecule has 1 heterocycles. The molecule has 1 fully saturated rings. The molecule has 1 aromatic rings. The molecule has 1 aromatic carbocycles. The van der Waals surface area contributed by atoms with E-state index in [1.54, 1.807) is 13.2 Å². The topological polar surface area (TPSA) is 29.5 Å². The minimum Gasteiger partial charge on any atom is -0.496 e. The summed E-state index contributed by atoms with van der Waals surface area (Å²) in [6.45, 7) is 3.96. The molecule has 0 saturated carbocycles. The van der Waals surface area contributed by atoms with Gasteiger partial charge in [0, 0.05) is 24.4 Å². The Bertz CT molecular complexity index is 487. The molecule has 0 atom stereocenters. The number of piperidine rings is 1. The van der Waals surface area contributed by atoms with E-state index in [0.717, 1.165) is 37.4 Å². The summed E-state index contributed by atoms with van der Waals surface area (Å²) in [6, 6.07) is 4.48. The van der Waals surface area contributed by atoms with E-state index < -0.39 is 0 Å². The highest BCUT2D eigenvalue weighted by atomic mass is 32.2. The number of methoxy groups -OCH3 is 1. The Kier molecular flexibility index (Phi) is 5.91. The van der Waals surface area contributed by atoms with Gasteiger partial charge >= 0.3 is 0 Å². The van der Waals surface area contributed by atoms with Crippen LogP contribution in [0.3, 0.4) is 0 Å². The minimum atomic E-state index is -0.275. The van der Waals surface area contributed by atoms with Crippen LogP contribution < -0.4 is 4.74 Å². The van der Waals surface area contributed by atoms with Crippen LogP contribution in [-0.4, -0.2) is 36.8 Å². The van der Waals surface area contributed by atoms with E-state index in [1.165, 1.54) is 23.9 Å². The van der Waals surface area contributed by atoms with Gasteiger partial charge in [0.1, 0.15) is 11.6 Å². The lowest BCUT2D eigenvalue weighted by atomic mass is 9.99. The molecule has 1 aliphatic heterocycles. The van der Waals surface area contributed by atoms with Crippen molar-refractivity contribution < 1.29 is 13.9 Å². The minimum absolute atomic E-state index is 0.183. The van der Waals surface area contributed by atoms with E-state index in [-0.39, 0.29) is 11.7 Å². The lowest BCUT2D eigenvalue weighted by Crippen LogP contribution is -2.38. The lowest BCUT2D eigenvalue weighted by molar-refractivity contribution is -0.129. The molecule has 116 valence electrons. The van der Waals surface area contributed by atoms with Crippen LogP contribution in [-0.2, 0) is 10.5 Å². The van der Waals surface area contributed by atoms with E-state index in [4.69, 9.17) is 4.74 Å². The summed E-state index contributed by atoms with van der Waals surface area (Å²) in [5.41, 5.74) is 0.794. The lowest BCUT2D eigenvalue weighted by Gasteiger charge is -2.30. The quantitative estimate of drug-likeness (QED) is 0.835. The largest absolute Gasteiger partial charge is 0.496 e. The molecule has 0 aliphatic carbocycles. The van der Waals surface area contributed by atoms with Crippen molar-refractivity contribution >= 4 is 17.7 Å². The number of thioether (sulfide) groups is 1. The predicted molar refractivity (Wildman–Crippen MR) is 84.1 cm³/mol. The number of nitrogens with zero attached hydrogens (tertiary/aromatic N) is 1. The first-order valence-electron chi connectivity index (χ1n) is 7.28. The highest BCUT2D eigenvalue weighted by Crippen LogP contribution is 2.24. The van der Waals surface area contributed by atoms with Gasteiger partial charge < -0.3 is 9.64 Å². The molecular weight excluding hydrogens is 289 g/mol. The molecule has 0 spiro atoms. The zero-order chi connectivity index (χ0) is 15.2. The van der Waals surface area contributed by atoms with Crippen LogP contribution in [0.1, 0.15) is 25.3 Å². The Morgan fingerprint density at radius 2 is 2.14 bits per heavy atom. The molecule has 0 radical (unpaired) electrons. The van der Waals surface area contributed by atoms with Crippen molar-refractivity contribution in [3.63, 3.8) is 0 Å². The fourth-order valence-electron chi connectivity index (χ4n) is 2.46. The van der Waals surface area contributed by atoms with E-state index in [1.807, 2.05) is 4.90 Å². The number of halogens is 1. The van der Waals surface area contributed by atoms with Gasteiger partial charge in [0.15, 0.2) is 0 Å². The van der Waals surface area contributed by atoms with Crippen LogP contribution in [0.25, 0.3) is 0 Å². The van der Waals surface area contributed by atoms with Crippen molar-refractivity contribution in [3.8, 4) is 5.75 Å². The van der Waals surface area contributed by atoms with E-state index in [2.05, 4.69) is 6.92 Å². The van der Waals surface area contributed by atoms with Crippen molar-refractivity contribution in [1.29, 1.82) is 0 Å². The summed E-state index contributed by atoms with van der Waals surface area (Å²) >= 11 is 1.51. The van der Waals surface area contributed by atoms with Crippen LogP contribution in [0.4, 0.5) is 4.39 Å². The van der Waals surface area contributed by atoms with Gasteiger partial charge in [-0.1, -0.05) is 6.92 Å². The average Bonchev–Trinajstić information content (AvgIpc) is 2.48. The van der Waals surface area contributed by atoms with Gasteiger partial charge in [-0.25, -0.2) is 4.39 Å². The fraction of sp³-hybridized carbons (Fsp3) is 0.562. The van der Waals surface area contributed by atoms with E-state index in [9.17, 15) is 9.18 Å². The monoisotopic (exact) mass is 311 g/mol. The smallest absolute Gasteiger partial charge is 0.232 e. The highest BCUT2D eigenvalue weighted by Gasteiger charge is 2.20. The Morgan fingerprint density at radius 3 is 2.81 bits per heavy atom. The summed E-state index contributed by atoms with van der Waals surface area (Å²) < 4.78 is 18.5. The van der Waals surface area contributed by atoms with Crippen molar-refractivity contribution in [2.24, 2.45) is 5.92 Å². The maximum Gasteiger partial charge on any atom is 0.232 e. The predicted octanol–water partition coefficient (Wildman–Crippen LogP) is 3.33. The first kappa shape index (κ1) is 16.1. The maximum absolute atomic E-state index is 13.3. The van der Waals surface area contributed by atoms with Crippen LogP contribution in [0.15, 0.2) is 18.2 Å². The third-order valence-corrected chi connectivity index (χ3v) is 4.83. The van der Waals surface area contributed by atoms with E-state index >= 15 is 0 Å². The van der Waals surface area contributed by atoms with Crippen LogP contribution >= 0.6 is 11.8 Å². The van der Waals surface area contributed by atoms with E-state index in [0.29, 0.717) is 17.3 Å². The second-order valence-electron chi connectivity index (χ2n) is 5.51. The van der Waals surface area contributed by atoms with Gasteiger partial charge in [0.05, 0.1) is 12.9 Å². The number of ether oxygens (including phenoxy) is 1. The fourth-order valence-corrected chi connectivity index (χ4v) is 3.36. The summed E-state index contributed by atoms with van der Waals surface area (Å²) in [5.74, 6) is 2.32. The molecule has 5 heteroatoms. The Labute approximate surface area is 129 Å². The van der Waals surface area contributed by atoms with Gasteiger partial charge in [-0.05, 0) is 37.0 Å². The molecule has 0 N–H and O–H groups in total. The normalized spacial score (nSPS) is 16.0. The molecule has 21 heavy (non-hydrogen) atoms. The molecular formula is C16H22FNO2S. The summed E-state index contributed by atoms with van der Waals surface area (Å²) in [4.78, 5) is 14.1. The van der Waals surface area contributed by atoms with Gasteiger partial charge in [0.2, 0.25) is 5.91 Å². The zero-order valence-electron chi connectivity index (χ0n) is 12.6. The third-order valence-electron chi connectivity index (χ3n) is 3.86. The molecule has 1 amide bonds. The molecule has 0 aromatic heterocycles. The summed E-state index contributed by atoms with van der Waals surface area (Å²) in [6.07, 6.45) is 2.18. The van der Waals surface area contributed by atoms with Gasteiger partial charge in [-0.15, -0.1) is 11.8 Å². The average molecular weight is 311 g/mol. The number of carbonyl (C=O) groups excluding carboxylic acids is 1. The summed E-state index contributed by atoms with van der Waals surface area (Å²) in [7, 11) is 1.57. The number of benzene rings is 1. The van der Waals surface area contributed by atoms with Gasteiger partial charge in [0.25, 0.3) is 0 Å². The van der Waals surface area contributed by atoms with Crippen molar-refractivity contribution in [2.75, 3.05) is 26.0 Å². The number of likely N-dealkylation sites (tertiary alicyclic amines) is 1. The van der Waals surface area contributed by atoms with Gasteiger partial charge in [-0.3, -0.25) is 4.79 Å². The Morgan fingerprint density at radius 1 is 1.43 bits per heavy atom. The molecule has 0 unspecified atom stereocenters. The molecule has 3 nitrogen and oxygen atoms in total. The number of carbonyl (C=O) groups is 1.